The Morgan fingerprint density at radius 3 is 2.05 bits per heavy atom. The van der Waals surface area contributed by atoms with Gasteiger partial charge in [-0.05, 0) is 23.3 Å². The molecular weight excluding hydrogens is 494 g/mol. The zero-order valence-electron chi connectivity index (χ0n) is 20.3. The van der Waals surface area contributed by atoms with Gasteiger partial charge in [0.1, 0.15) is 11.5 Å². The Morgan fingerprint density at radius 2 is 1.34 bits per heavy atom. The van der Waals surface area contributed by atoms with Gasteiger partial charge in [-0.1, -0.05) is 115 Å². The van der Waals surface area contributed by atoms with Crippen LogP contribution in [0.25, 0.3) is 6.08 Å². The van der Waals surface area contributed by atoms with E-state index in [0.717, 1.165) is 11.3 Å². The molecule has 0 aromatic heterocycles. The normalized spacial score (nSPS) is 22.3. The molecule has 3 aliphatic rings. The van der Waals surface area contributed by atoms with E-state index >= 15 is 0 Å². The topological polar surface area (TPSA) is 54.5 Å². The minimum absolute atomic E-state index is 0.154. The average molecular weight is 516 g/mol. The number of para-hydroxylation sites is 1. The van der Waals surface area contributed by atoms with E-state index in [2.05, 4.69) is 0 Å². The number of halogens is 1. The summed E-state index contributed by atoms with van der Waals surface area (Å²) < 4.78 is 0. The summed E-state index contributed by atoms with van der Waals surface area (Å²) in [5, 5.41) is 0.427. The number of anilines is 1. The first-order valence-electron chi connectivity index (χ1n) is 12.6. The second kappa shape index (κ2) is 8.37. The van der Waals surface area contributed by atoms with Gasteiger partial charge in [0.05, 0.1) is 6.04 Å². The molecule has 1 fully saturated rings. The third kappa shape index (κ3) is 2.89. The van der Waals surface area contributed by atoms with Gasteiger partial charge in [0.25, 0.3) is 0 Å². The van der Waals surface area contributed by atoms with Crippen molar-refractivity contribution in [3.05, 3.63) is 142 Å². The van der Waals surface area contributed by atoms with Crippen molar-refractivity contribution in [1.29, 1.82) is 0 Å². The van der Waals surface area contributed by atoms with Crippen LogP contribution in [0.4, 0.5) is 5.69 Å². The van der Waals surface area contributed by atoms with Crippen molar-refractivity contribution < 1.29 is 14.4 Å². The highest BCUT2D eigenvalue weighted by molar-refractivity contribution is 6.34. The zero-order valence-corrected chi connectivity index (χ0v) is 21.0. The molecule has 0 saturated carbocycles. The molecule has 2 aliphatic heterocycles. The van der Waals surface area contributed by atoms with E-state index in [0.29, 0.717) is 27.3 Å². The quantitative estimate of drug-likeness (QED) is 0.226. The smallest absolute Gasteiger partial charge is 0.185 e. The Hall–Kier alpha value is -4.28. The molecule has 1 saturated heterocycles. The summed E-state index contributed by atoms with van der Waals surface area (Å²) in [6.45, 7) is 0. The van der Waals surface area contributed by atoms with Crippen molar-refractivity contribution in [3.8, 4) is 0 Å². The summed E-state index contributed by atoms with van der Waals surface area (Å²) in [6, 6.07) is 29.6. The molecule has 0 unspecified atom stereocenters. The lowest BCUT2D eigenvalue weighted by atomic mass is 9.64. The first-order valence-corrected chi connectivity index (χ1v) is 13.0. The van der Waals surface area contributed by atoms with Crippen LogP contribution in [0.2, 0.25) is 5.02 Å². The van der Waals surface area contributed by atoms with E-state index in [-0.39, 0.29) is 17.3 Å². The second-order valence-corrected chi connectivity index (χ2v) is 10.4. The van der Waals surface area contributed by atoms with E-state index in [1.54, 1.807) is 42.5 Å². The lowest BCUT2D eigenvalue weighted by molar-refractivity contribution is 0.0666. The number of hydrogen-bond donors (Lipinski definition) is 0. The maximum absolute atomic E-state index is 14.6. The molecule has 184 valence electrons. The number of rotatable bonds is 3. The summed E-state index contributed by atoms with van der Waals surface area (Å²) in [5.74, 6) is -1.48. The monoisotopic (exact) mass is 515 g/mol. The number of hydrogen-bond acceptors (Lipinski definition) is 4. The number of nitrogens with zero attached hydrogens (tertiary/aromatic N) is 1. The molecule has 4 aromatic carbocycles. The fourth-order valence-corrected chi connectivity index (χ4v) is 7.01. The summed E-state index contributed by atoms with van der Waals surface area (Å²) >= 11 is 6.82. The van der Waals surface area contributed by atoms with Gasteiger partial charge in [-0.3, -0.25) is 14.4 Å². The summed E-state index contributed by atoms with van der Waals surface area (Å²) in [5.41, 5.74) is 2.14. The third-order valence-electron chi connectivity index (χ3n) is 8.28. The molecule has 0 radical (unpaired) electrons. The molecule has 3 atom stereocenters. The number of ketones is 3. The fourth-order valence-electron chi connectivity index (χ4n) is 6.76. The Balaban J connectivity index is 1.57. The lowest BCUT2D eigenvalue weighted by Crippen LogP contribution is -2.48. The van der Waals surface area contributed by atoms with Crippen LogP contribution in [-0.4, -0.2) is 29.4 Å². The number of carbonyl (C=O) groups excluding carboxylic acids is 3. The third-order valence-corrected chi connectivity index (χ3v) is 8.62. The predicted molar refractivity (Wildman–Crippen MR) is 148 cm³/mol. The lowest BCUT2D eigenvalue weighted by Gasteiger charge is -2.37. The highest BCUT2D eigenvalue weighted by Gasteiger charge is 2.71. The van der Waals surface area contributed by atoms with E-state index in [1.807, 2.05) is 77.7 Å². The Kier molecular flexibility index (Phi) is 5.04. The second-order valence-electron chi connectivity index (χ2n) is 10.0. The molecule has 1 spiro atoms. The highest BCUT2D eigenvalue weighted by atomic mass is 35.5. The zero-order chi connectivity index (χ0) is 26.0. The van der Waals surface area contributed by atoms with Crippen LogP contribution in [0.5, 0.6) is 0 Å². The van der Waals surface area contributed by atoms with Crippen molar-refractivity contribution in [2.75, 3.05) is 4.90 Å². The van der Waals surface area contributed by atoms with E-state index < -0.39 is 23.4 Å². The van der Waals surface area contributed by atoms with E-state index in [4.69, 9.17) is 11.6 Å². The SMILES string of the molecule is O=C(c1ccccc1)[C@@H]1[C@H](c2ccccc2Cl)C2(C(=O)c3ccccc3C2=O)[C@@H]2C=Cc3ccccc3N12. The first-order chi connectivity index (χ1) is 18.5. The Labute approximate surface area is 225 Å². The maximum Gasteiger partial charge on any atom is 0.185 e. The van der Waals surface area contributed by atoms with Gasteiger partial charge in [0.2, 0.25) is 0 Å². The maximum atomic E-state index is 14.6. The van der Waals surface area contributed by atoms with Crippen LogP contribution in [-0.2, 0) is 0 Å². The highest BCUT2D eigenvalue weighted by Crippen LogP contribution is 2.61. The average Bonchev–Trinajstić information content (AvgIpc) is 3.39. The summed E-state index contributed by atoms with van der Waals surface area (Å²) in [6.07, 6.45) is 3.88. The number of Topliss-reactive ketones (excluding diaryl/α,β-unsaturated/α-hetero) is 3. The van der Waals surface area contributed by atoms with Gasteiger partial charge in [-0.2, -0.15) is 0 Å². The molecule has 7 rings (SSSR count). The van der Waals surface area contributed by atoms with E-state index in [9.17, 15) is 14.4 Å². The molecule has 1 aliphatic carbocycles. The minimum Gasteiger partial charge on any atom is -0.352 e. The molecule has 38 heavy (non-hydrogen) atoms. The molecular formula is C33H22ClNO3. The van der Waals surface area contributed by atoms with Crippen molar-refractivity contribution in [3.63, 3.8) is 0 Å². The van der Waals surface area contributed by atoms with Crippen molar-refractivity contribution >= 4 is 40.7 Å². The van der Waals surface area contributed by atoms with Gasteiger partial charge in [-0.25, -0.2) is 0 Å². The van der Waals surface area contributed by atoms with Crippen LogP contribution < -0.4 is 4.90 Å². The van der Waals surface area contributed by atoms with Crippen molar-refractivity contribution in [2.24, 2.45) is 5.41 Å². The van der Waals surface area contributed by atoms with Crippen LogP contribution >= 0.6 is 11.6 Å². The van der Waals surface area contributed by atoms with Crippen molar-refractivity contribution in [1.82, 2.24) is 0 Å². The predicted octanol–water partition coefficient (Wildman–Crippen LogP) is 6.66. The largest absolute Gasteiger partial charge is 0.352 e. The van der Waals surface area contributed by atoms with Crippen LogP contribution in [0.3, 0.4) is 0 Å². The first kappa shape index (κ1) is 22.9. The fraction of sp³-hybridized carbons (Fsp3) is 0.121. The number of carbonyl (C=O) groups is 3. The molecule has 0 bridgehead atoms. The summed E-state index contributed by atoms with van der Waals surface area (Å²) in [4.78, 5) is 45.6. The van der Waals surface area contributed by atoms with Gasteiger partial charge >= 0.3 is 0 Å². The van der Waals surface area contributed by atoms with Gasteiger partial charge in [-0.15, -0.1) is 0 Å². The van der Waals surface area contributed by atoms with Gasteiger partial charge < -0.3 is 4.90 Å². The molecule has 0 N–H and O–H groups in total. The molecule has 4 nitrogen and oxygen atoms in total. The van der Waals surface area contributed by atoms with Gasteiger partial charge in [0, 0.05) is 33.3 Å². The van der Waals surface area contributed by atoms with Crippen LogP contribution in [0.1, 0.15) is 48.1 Å². The van der Waals surface area contributed by atoms with Crippen molar-refractivity contribution in [2.45, 2.75) is 18.0 Å². The Morgan fingerprint density at radius 1 is 0.737 bits per heavy atom. The molecule has 5 heteroatoms. The molecule has 4 aromatic rings. The van der Waals surface area contributed by atoms with E-state index in [1.165, 1.54) is 0 Å². The number of benzene rings is 4. The van der Waals surface area contributed by atoms with Gasteiger partial charge in [0.15, 0.2) is 17.3 Å². The Bertz CT molecular complexity index is 1640. The summed E-state index contributed by atoms with van der Waals surface area (Å²) in [7, 11) is 0. The molecule has 0 amide bonds. The standard InChI is InChI=1S/C33H22ClNO3/c34-25-16-8-7-15-24(25)28-29(30(36)21-11-2-1-3-12-21)35-26-17-9-4-10-20(26)18-19-27(35)33(28)31(37)22-13-5-6-14-23(22)32(33)38/h1-19,27-29H/t27-,28-,29-/m0/s1. The minimum atomic E-state index is -1.55. The van der Waals surface area contributed by atoms with Crippen LogP contribution in [0.15, 0.2) is 109 Å². The molecule has 2 heterocycles. The van der Waals surface area contributed by atoms with Crippen LogP contribution in [0, 0.1) is 5.41 Å². The number of fused-ring (bicyclic) bond motifs is 5.